The van der Waals surface area contributed by atoms with Crippen molar-refractivity contribution >= 4 is 29.1 Å². The van der Waals surface area contributed by atoms with E-state index in [9.17, 15) is 50.9 Å². The molecule has 4 heterocycles. The monoisotopic (exact) mass is 827 g/mol. The van der Waals surface area contributed by atoms with E-state index < -0.39 is 68.8 Å². The van der Waals surface area contributed by atoms with Crippen molar-refractivity contribution in [3.63, 3.8) is 0 Å². The summed E-state index contributed by atoms with van der Waals surface area (Å²) < 4.78 is 96.2. The van der Waals surface area contributed by atoms with Crippen molar-refractivity contribution in [3.8, 4) is 11.5 Å². The number of piperidine rings is 2. The lowest BCUT2D eigenvalue weighted by molar-refractivity contribution is -0.168. The van der Waals surface area contributed by atoms with Crippen molar-refractivity contribution in [1.29, 1.82) is 0 Å². The van der Waals surface area contributed by atoms with Gasteiger partial charge in [0, 0.05) is 62.9 Å². The van der Waals surface area contributed by atoms with Crippen molar-refractivity contribution in [2.24, 2.45) is 5.41 Å². The summed E-state index contributed by atoms with van der Waals surface area (Å²) in [5.41, 5.74) is -5.81. The predicted octanol–water partition coefficient (Wildman–Crippen LogP) is 7.37. The number of carbonyl (C=O) groups excluding carboxylic acids is 2. The van der Waals surface area contributed by atoms with Gasteiger partial charge in [0.1, 0.15) is 10.6 Å². The molecule has 1 aromatic heterocycles. The van der Waals surface area contributed by atoms with Gasteiger partial charge in [-0.25, -0.2) is 0 Å². The molecular weight excluding hydrogens is 781 g/mol. The average molecular weight is 828 g/mol. The van der Waals surface area contributed by atoms with Crippen LogP contribution in [0.5, 0.6) is 11.5 Å². The molecule has 3 aliphatic heterocycles. The number of ether oxygens (including phenoxy) is 2. The summed E-state index contributed by atoms with van der Waals surface area (Å²) in [4.78, 5) is 43.8. The van der Waals surface area contributed by atoms with E-state index in [1.807, 2.05) is 0 Å². The second-order valence-electron chi connectivity index (χ2n) is 15.5. The number of carboxylic acids is 1. The van der Waals surface area contributed by atoms with Crippen molar-refractivity contribution < 1.29 is 60.4 Å². The molecule has 0 unspecified atom stereocenters. The number of carbonyl (C=O) groups is 3. The van der Waals surface area contributed by atoms with Gasteiger partial charge in [-0.05, 0) is 70.6 Å². The molecule has 10 nitrogen and oxygen atoms in total. The number of halogens is 6. The van der Waals surface area contributed by atoms with Gasteiger partial charge in [-0.15, -0.1) is 11.3 Å². The maximum absolute atomic E-state index is 15.0. The van der Waals surface area contributed by atoms with Crippen LogP contribution in [0.1, 0.15) is 82.6 Å². The van der Waals surface area contributed by atoms with E-state index in [1.54, 1.807) is 32.9 Å². The SMILES string of the molecule is CCC[C@H]1N(C(=O)C2=CN(C)CC=C2C(F)(F)F)CCC[C@@]1(Oc1csc(C(F)(F)F)c1)C(=O)N1CCC(O)(c2ccc#cc2OCCCC(C)(C)C(=O)O)CC1. The molecule has 5 rings (SSSR count). The highest BCUT2D eigenvalue weighted by atomic mass is 32.1. The predicted molar refractivity (Wildman–Crippen MR) is 197 cm³/mol. The first-order chi connectivity index (χ1) is 26.6. The number of carboxylic acid groups (broad SMARTS) is 1. The lowest BCUT2D eigenvalue weighted by Crippen LogP contribution is -2.69. The standard InChI is InChI=1S/C40H47F6N3O7S/c1-5-10-31-38(56-26-23-32(57-25-26)40(44,45)46,15-8-18-49(31)33(50)27-24-47(4)19-13-28(27)39(41,42)43)34(51)48-20-16-37(54,17-21-48)29-11-6-7-12-30(29)55-22-9-14-36(2,3)35(52)53/h6,11,13,23-25,31,54H,5,8-10,14-22H2,1-4H3,(H,52,53)/t31-,38+/m1/s1. The Labute approximate surface area is 331 Å². The molecule has 0 radical (unpaired) electrons. The molecule has 312 valence electrons. The Morgan fingerprint density at radius 2 is 1.75 bits per heavy atom. The largest absolute Gasteiger partial charge is 0.485 e. The third-order valence-electron chi connectivity index (χ3n) is 10.9. The molecule has 2 saturated heterocycles. The third kappa shape index (κ3) is 9.49. The number of nitrogens with zero attached hydrogens (tertiary/aromatic N) is 3. The van der Waals surface area contributed by atoms with Gasteiger partial charge in [0.05, 0.1) is 34.8 Å². The highest BCUT2D eigenvalue weighted by molar-refractivity contribution is 7.10. The van der Waals surface area contributed by atoms with E-state index in [2.05, 4.69) is 12.1 Å². The van der Waals surface area contributed by atoms with E-state index >= 15 is 0 Å². The quantitative estimate of drug-likeness (QED) is 0.159. The lowest BCUT2D eigenvalue weighted by Gasteiger charge is -2.51. The number of rotatable bonds is 13. The van der Waals surface area contributed by atoms with Gasteiger partial charge >= 0.3 is 18.3 Å². The zero-order chi connectivity index (χ0) is 42.0. The number of aliphatic carboxylic acids is 1. The maximum atomic E-state index is 15.0. The Bertz CT molecular complexity index is 1850. The molecule has 1 aromatic carbocycles. The van der Waals surface area contributed by atoms with Crippen LogP contribution < -0.4 is 9.47 Å². The first-order valence-corrected chi connectivity index (χ1v) is 19.7. The summed E-state index contributed by atoms with van der Waals surface area (Å²) in [5, 5.41) is 22.5. The molecule has 2 aromatic rings. The summed E-state index contributed by atoms with van der Waals surface area (Å²) in [6.07, 6.45) is -6.32. The fourth-order valence-corrected chi connectivity index (χ4v) is 8.36. The highest BCUT2D eigenvalue weighted by Gasteiger charge is 2.57. The minimum Gasteiger partial charge on any atom is -0.485 e. The number of alkyl halides is 6. The first kappa shape index (κ1) is 43.7. The number of likely N-dealkylation sites (N-methyl/N-ethyl adjacent to an activating group) is 1. The second kappa shape index (κ2) is 16.8. The molecular formula is C40H47F6N3O7S. The van der Waals surface area contributed by atoms with Gasteiger partial charge in [-0.2, -0.15) is 26.3 Å². The highest BCUT2D eigenvalue weighted by Crippen LogP contribution is 2.45. The van der Waals surface area contributed by atoms with Crippen molar-refractivity contribution in [1.82, 2.24) is 14.7 Å². The van der Waals surface area contributed by atoms with Gasteiger partial charge in [-0.3, -0.25) is 14.4 Å². The van der Waals surface area contributed by atoms with E-state index in [4.69, 9.17) is 9.47 Å². The van der Waals surface area contributed by atoms with Crippen molar-refractivity contribution in [2.75, 3.05) is 39.8 Å². The second-order valence-corrected chi connectivity index (χ2v) is 16.4. The smallest absolute Gasteiger partial charge is 0.425 e. The Morgan fingerprint density at radius 3 is 2.37 bits per heavy atom. The number of amides is 2. The number of hydrogen-bond donors (Lipinski definition) is 2. The fourth-order valence-electron chi connectivity index (χ4n) is 7.68. The van der Waals surface area contributed by atoms with Gasteiger partial charge in [0.2, 0.25) is 5.60 Å². The van der Waals surface area contributed by atoms with Crippen molar-refractivity contribution in [3.05, 3.63) is 69.6 Å². The minimum absolute atomic E-state index is 0.00814. The zero-order valence-electron chi connectivity index (χ0n) is 32.2. The number of hydrogen-bond acceptors (Lipinski definition) is 8. The number of likely N-dealkylation sites (tertiary alicyclic amines) is 2. The molecule has 17 heteroatoms. The number of aliphatic hydroxyl groups is 1. The van der Waals surface area contributed by atoms with Gasteiger partial charge in [0.15, 0.2) is 5.75 Å². The summed E-state index contributed by atoms with van der Waals surface area (Å²) in [7, 11) is 1.52. The average Bonchev–Trinajstić information content (AvgIpc) is 3.63. The zero-order valence-corrected chi connectivity index (χ0v) is 33.0. The lowest BCUT2D eigenvalue weighted by atomic mass is 9.78. The molecule has 57 heavy (non-hydrogen) atoms. The Balaban J connectivity index is 1.44. The summed E-state index contributed by atoms with van der Waals surface area (Å²) >= 11 is 0.368. The maximum Gasteiger partial charge on any atom is 0.425 e. The van der Waals surface area contributed by atoms with Crippen LogP contribution in [-0.4, -0.2) is 100 Å². The van der Waals surface area contributed by atoms with Crippen LogP contribution in [0, 0.1) is 17.5 Å². The molecule has 2 amide bonds. The van der Waals surface area contributed by atoms with Crippen LogP contribution in [0.4, 0.5) is 26.3 Å². The molecule has 0 aliphatic carbocycles. The van der Waals surface area contributed by atoms with E-state index in [0.29, 0.717) is 36.2 Å². The third-order valence-corrected chi connectivity index (χ3v) is 11.8. The van der Waals surface area contributed by atoms with Crippen LogP contribution >= 0.6 is 11.3 Å². The fraction of sp³-hybridized carbons (Fsp3) is 0.575. The Kier molecular flexibility index (Phi) is 12.9. The van der Waals surface area contributed by atoms with Gasteiger partial charge in [0.25, 0.3) is 11.8 Å². The summed E-state index contributed by atoms with van der Waals surface area (Å²) in [6, 6.07) is 8.44. The van der Waals surface area contributed by atoms with Crippen LogP contribution in [0.3, 0.4) is 0 Å². The topological polar surface area (TPSA) is 120 Å². The van der Waals surface area contributed by atoms with Crippen LogP contribution in [0.2, 0.25) is 0 Å². The summed E-state index contributed by atoms with van der Waals surface area (Å²) in [6.45, 7) is 4.90. The van der Waals surface area contributed by atoms with E-state index in [1.165, 1.54) is 21.7 Å². The molecule has 2 N–H and O–H groups in total. The van der Waals surface area contributed by atoms with Gasteiger partial charge in [-0.1, -0.05) is 25.5 Å². The Hall–Kier alpha value is -4.43. The van der Waals surface area contributed by atoms with Crippen LogP contribution in [0.25, 0.3) is 0 Å². The normalized spacial score (nSPS) is 21.7. The number of thiophene rings is 1. The molecule has 0 saturated carbocycles. The first-order valence-electron chi connectivity index (χ1n) is 18.8. The molecule has 0 bridgehead atoms. The summed E-state index contributed by atoms with van der Waals surface area (Å²) in [5.74, 6) is -2.63. The van der Waals surface area contributed by atoms with Gasteiger partial charge < -0.3 is 34.4 Å². The van der Waals surface area contributed by atoms with Crippen molar-refractivity contribution in [2.45, 2.75) is 102 Å². The Morgan fingerprint density at radius 1 is 1.05 bits per heavy atom. The van der Waals surface area contributed by atoms with Crippen LogP contribution in [0.15, 0.2) is 47.0 Å². The van der Waals surface area contributed by atoms with E-state index in [-0.39, 0.29) is 76.4 Å². The minimum atomic E-state index is -4.85. The molecule has 3 aliphatic rings. The van der Waals surface area contributed by atoms with E-state index in [0.717, 1.165) is 23.7 Å². The van der Waals surface area contributed by atoms with Crippen LogP contribution in [-0.2, 0) is 26.2 Å². The molecule has 0 spiro atoms. The molecule has 2 atom stereocenters. The molecule has 2 fully saturated rings.